The third-order valence-electron chi connectivity index (χ3n) is 4.47. The van der Waals surface area contributed by atoms with Crippen molar-refractivity contribution in [2.24, 2.45) is 0 Å². The summed E-state index contributed by atoms with van der Waals surface area (Å²) >= 11 is 0.251. The van der Waals surface area contributed by atoms with Crippen molar-refractivity contribution in [1.29, 1.82) is 0 Å². The molecule has 5 atom stereocenters. The fourth-order valence-electron chi connectivity index (χ4n) is 2.80. The third-order valence-corrected chi connectivity index (χ3v) is 6.74. The number of anilines is 1. The predicted molar refractivity (Wildman–Crippen MR) is 118 cm³/mol. The first kappa shape index (κ1) is 26.4. The fraction of sp³-hybridized carbons (Fsp3) is 0.526. The summed E-state index contributed by atoms with van der Waals surface area (Å²) < 4.78 is 22.0. The van der Waals surface area contributed by atoms with Crippen LogP contribution in [0.2, 0.25) is 0 Å². The Labute approximate surface area is 189 Å². The number of aliphatic hydroxyl groups is 3. The number of carbonyl (C=O) groups excluding carboxylic acids is 1. The summed E-state index contributed by atoms with van der Waals surface area (Å²) in [5.74, 6) is 2.44. The molecule has 1 heterocycles. The highest BCUT2D eigenvalue weighted by Crippen LogP contribution is 2.51. The van der Waals surface area contributed by atoms with E-state index in [-0.39, 0.29) is 28.9 Å². The van der Waals surface area contributed by atoms with Crippen LogP contribution in [0.5, 0.6) is 5.75 Å². The molecule has 1 fully saturated rings. The predicted octanol–water partition coefficient (Wildman–Crippen LogP) is 0.624. The van der Waals surface area contributed by atoms with Crippen LogP contribution in [0.1, 0.15) is 19.3 Å². The van der Waals surface area contributed by atoms with E-state index in [4.69, 9.17) is 25.7 Å². The molecule has 1 aromatic rings. The van der Waals surface area contributed by atoms with Crippen LogP contribution in [0.4, 0.5) is 10.5 Å². The largest absolute Gasteiger partial charge is 0.462 e. The molecule has 0 aliphatic carbocycles. The number of hydrogen-bond donors (Lipinski definition) is 7. The number of aliphatic hydroxyl groups excluding tert-OH is 3. The summed E-state index contributed by atoms with van der Waals surface area (Å²) in [6.07, 6.45) is 0.0520. The molecule has 0 unspecified atom stereocenters. The Balaban J connectivity index is 1.89. The van der Waals surface area contributed by atoms with Gasteiger partial charge in [0.1, 0.15) is 24.1 Å². The van der Waals surface area contributed by atoms with Crippen molar-refractivity contribution < 1.29 is 43.9 Å². The van der Waals surface area contributed by atoms with E-state index in [1.165, 1.54) is 12.1 Å². The zero-order valence-electron chi connectivity index (χ0n) is 17.0. The van der Waals surface area contributed by atoms with Gasteiger partial charge in [-0.15, -0.1) is 12.3 Å². The summed E-state index contributed by atoms with van der Waals surface area (Å²) in [5, 5.41) is 35.5. The second-order valence-corrected chi connectivity index (χ2v) is 10.8. The molecule has 1 aromatic carbocycles. The number of rotatable bonds is 10. The monoisotopic (exact) mass is 490 g/mol. The molecule has 0 spiro atoms. The Bertz CT molecular complexity index is 829. The second kappa shape index (κ2) is 12.4. The lowest BCUT2D eigenvalue weighted by atomic mass is 10.00. The summed E-state index contributed by atoms with van der Waals surface area (Å²) in [7, 11) is 0. The Morgan fingerprint density at radius 3 is 2.47 bits per heavy atom. The quantitative estimate of drug-likeness (QED) is 0.140. The van der Waals surface area contributed by atoms with Gasteiger partial charge in [-0.05, 0) is 48.5 Å². The first-order valence-corrected chi connectivity index (χ1v) is 13.0. The lowest BCUT2D eigenvalue weighted by Gasteiger charge is -2.40. The van der Waals surface area contributed by atoms with Crippen molar-refractivity contribution >= 4 is 29.9 Å². The molecule has 0 aromatic heterocycles. The number of urea groups is 1. The summed E-state index contributed by atoms with van der Waals surface area (Å²) in [5.41, 5.74) is 0.481. The second-order valence-electron chi connectivity index (χ2n) is 6.99. The van der Waals surface area contributed by atoms with Crippen molar-refractivity contribution in [3.05, 3.63) is 24.3 Å². The van der Waals surface area contributed by atoms with Gasteiger partial charge in [0.05, 0.1) is 6.10 Å². The lowest BCUT2D eigenvalue weighted by Crippen LogP contribution is -2.59. The van der Waals surface area contributed by atoms with Gasteiger partial charge in [0.15, 0.2) is 0 Å². The third kappa shape index (κ3) is 8.61. The van der Waals surface area contributed by atoms with E-state index in [2.05, 4.69) is 16.6 Å². The molecule has 178 valence electrons. The SMILES string of the molecule is C#CCCCCNC(=O)Nc1ccc(O[C@H]2O[C@H](CSP(=O)(O)O)[C@@H](O)[C@H](O)[C@@H]2O)cc1. The Morgan fingerprint density at radius 1 is 1.16 bits per heavy atom. The molecule has 1 aliphatic rings. The maximum Gasteiger partial charge on any atom is 0.384 e. The van der Waals surface area contributed by atoms with Crippen LogP contribution in [0.15, 0.2) is 24.3 Å². The number of hydrogen-bond acceptors (Lipinski definition) is 8. The van der Waals surface area contributed by atoms with Crippen LogP contribution in [0.25, 0.3) is 0 Å². The molecule has 13 heteroatoms. The van der Waals surface area contributed by atoms with Crippen molar-refractivity contribution in [2.75, 3.05) is 17.6 Å². The number of terminal acetylenes is 1. The van der Waals surface area contributed by atoms with Gasteiger partial charge >= 0.3 is 12.8 Å². The van der Waals surface area contributed by atoms with Crippen molar-refractivity contribution in [1.82, 2.24) is 5.32 Å². The normalized spacial score (nSPS) is 25.6. The smallest absolute Gasteiger partial charge is 0.384 e. The van der Waals surface area contributed by atoms with Crippen LogP contribution in [0, 0.1) is 12.3 Å². The number of nitrogens with one attached hydrogen (secondary N) is 2. The molecule has 11 nitrogen and oxygen atoms in total. The Kier molecular flexibility index (Phi) is 10.3. The van der Waals surface area contributed by atoms with E-state index >= 15 is 0 Å². The molecule has 1 aliphatic heterocycles. The number of carbonyl (C=O) groups is 1. The molecule has 32 heavy (non-hydrogen) atoms. The topological polar surface area (TPSA) is 178 Å². The lowest BCUT2D eigenvalue weighted by molar-refractivity contribution is -0.266. The standard InChI is InChI=1S/C19H27N2O9PS/c1-2-3-4-5-10-20-19(25)21-12-6-8-13(9-7-12)29-18-17(24)16(23)15(22)14(30-18)11-32-31(26,27)28/h1,6-9,14-18,22-24H,3-5,10-11H2,(H2,20,21,25)(H2,26,27,28)/t14-,15-,16+,17+,18+/m1/s1. The van der Waals surface area contributed by atoms with Crippen molar-refractivity contribution in [2.45, 2.75) is 50.0 Å². The summed E-state index contributed by atoms with van der Waals surface area (Å²) in [6, 6.07) is 5.71. The van der Waals surface area contributed by atoms with E-state index in [0.29, 0.717) is 18.7 Å². The summed E-state index contributed by atoms with van der Waals surface area (Å²) in [6.45, 7) is -3.93. The van der Waals surface area contributed by atoms with Crippen LogP contribution in [0.3, 0.4) is 0 Å². The number of amides is 2. The number of unbranched alkanes of at least 4 members (excludes halogenated alkanes) is 2. The highest BCUT2D eigenvalue weighted by atomic mass is 32.7. The minimum absolute atomic E-state index is 0.235. The highest BCUT2D eigenvalue weighted by molar-refractivity contribution is 8.54. The first-order valence-electron chi connectivity index (χ1n) is 9.75. The van der Waals surface area contributed by atoms with Crippen LogP contribution < -0.4 is 15.4 Å². The van der Waals surface area contributed by atoms with E-state index < -0.39 is 37.5 Å². The van der Waals surface area contributed by atoms with Gasteiger partial charge in [-0.3, -0.25) is 0 Å². The Morgan fingerprint density at radius 2 is 1.84 bits per heavy atom. The molecule has 0 bridgehead atoms. The van der Waals surface area contributed by atoms with Crippen LogP contribution in [-0.4, -0.2) is 74.1 Å². The van der Waals surface area contributed by atoms with Crippen molar-refractivity contribution in [3.63, 3.8) is 0 Å². The van der Waals surface area contributed by atoms with E-state index in [0.717, 1.165) is 12.8 Å². The number of ether oxygens (including phenoxy) is 2. The maximum atomic E-state index is 11.9. The molecule has 2 rings (SSSR count). The van der Waals surface area contributed by atoms with E-state index in [1.54, 1.807) is 12.1 Å². The highest BCUT2D eigenvalue weighted by Gasteiger charge is 2.45. The zero-order valence-corrected chi connectivity index (χ0v) is 18.7. The molecular formula is C19H27N2O9PS. The van der Waals surface area contributed by atoms with Gasteiger partial charge < -0.3 is 45.2 Å². The maximum absolute atomic E-state index is 11.9. The van der Waals surface area contributed by atoms with Gasteiger partial charge in [-0.25, -0.2) is 9.36 Å². The molecule has 0 saturated carbocycles. The van der Waals surface area contributed by atoms with Gasteiger partial charge in [-0.1, -0.05) is 0 Å². The number of benzene rings is 1. The molecule has 2 amide bonds. The average molecular weight is 490 g/mol. The zero-order chi connectivity index (χ0) is 23.7. The minimum Gasteiger partial charge on any atom is -0.462 e. The minimum atomic E-state index is -4.42. The van der Waals surface area contributed by atoms with Gasteiger partial charge in [0.25, 0.3) is 0 Å². The van der Waals surface area contributed by atoms with E-state index in [9.17, 15) is 24.7 Å². The van der Waals surface area contributed by atoms with Crippen molar-refractivity contribution in [3.8, 4) is 18.1 Å². The van der Waals surface area contributed by atoms with Crippen LogP contribution >= 0.6 is 18.2 Å². The Hall–Kier alpha value is -1.81. The molecule has 0 radical (unpaired) electrons. The van der Waals surface area contributed by atoms with E-state index in [1.807, 2.05) is 0 Å². The van der Waals surface area contributed by atoms with Gasteiger partial charge in [-0.2, -0.15) is 0 Å². The molecular weight excluding hydrogens is 463 g/mol. The first-order chi connectivity index (χ1) is 15.1. The van der Waals surface area contributed by atoms with Gasteiger partial charge in [0.2, 0.25) is 6.29 Å². The average Bonchev–Trinajstić information content (AvgIpc) is 2.74. The molecule has 1 saturated heterocycles. The fourth-order valence-corrected chi connectivity index (χ4v) is 4.44. The molecule has 7 N–H and O–H groups in total. The summed E-state index contributed by atoms with van der Waals surface area (Å²) in [4.78, 5) is 29.8. The van der Waals surface area contributed by atoms with Gasteiger partial charge in [0, 0.05) is 24.4 Å². The van der Waals surface area contributed by atoms with Crippen LogP contribution in [-0.2, 0) is 9.30 Å².